The average molecular weight is 286 g/mol. The third kappa shape index (κ3) is 4.71. The summed E-state index contributed by atoms with van der Waals surface area (Å²) < 4.78 is 4.42. The van der Waals surface area contributed by atoms with Crippen LogP contribution in [0.3, 0.4) is 0 Å². The Morgan fingerprint density at radius 2 is 2.05 bits per heavy atom. The first-order valence-corrected chi connectivity index (χ1v) is 6.60. The largest absolute Gasteiger partial charge is 0.480 e. The van der Waals surface area contributed by atoms with Crippen LogP contribution in [0.25, 0.3) is 0 Å². The van der Waals surface area contributed by atoms with E-state index < -0.39 is 24.0 Å². The molecule has 0 aromatic rings. The number of hydrogen-bond acceptors (Lipinski definition) is 4. The molecule has 1 heterocycles. The van der Waals surface area contributed by atoms with Gasteiger partial charge in [-0.05, 0) is 18.3 Å². The van der Waals surface area contributed by atoms with Gasteiger partial charge in [-0.25, -0.2) is 9.59 Å². The van der Waals surface area contributed by atoms with Crippen molar-refractivity contribution in [2.45, 2.75) is 39.2 Å². The summed E-state index contributed by atoms with van der Waals surface area (Å²) in [5.74, 6) is -1.92. The molecule has 0 bridgehead atoms. The predicted octanol–water partition coefficient (Wildman–Crippen LogP) is 0.834. The molecule has 0 unspecified atom stereocenters. The second-order valence-electron chi connectivity index (χ2n) is 5.81. The summed E-state index contributed by atoms with van der Waals surface area (Å²) in [5.41, 5.74) is 0.0245. The number of piperidine rings is 1. The Morgan fingerprint density at radius 1 is 1.40 bits per heavy atom. The zero-order valence-corrected chi connectivity index (χ0v) is 12.1. The number of ether oxygens (including phenoxy) is 1. The SMILES string of the molecule is COC(=O)C[C@H](NC(=O)N1CCCC(C)(C)C1)C(=O)O. The van der Waals surface area contributed by atoms with Crippen molar-refractivity contribution in [1.29, 1.82) is 0 Å². The molecule has 0 aromatic carbocycles. The smallest absolute Gasteiger partial charge is 0.326 e. The number of rotatable bonds is 4. The number of carbonyl (C=O) groups is 3. The Bertz CT molecular complexity index is 394. The van der Waals surface area contributed by atoms with E-state index in [1.807, 2.05) is 0 Å². The monoisotopic (exact) mass is 286 g/mol. The van der Waals surface area contributed by atoms with Gasteiger partial charge in [-0.1, -0.05) is 13.8 Å². The number of nitrogens with one attached hydrogen (secondary N) is 1. The number of nitrogens with zero attached hydrogens (tertiary/aromatic N) is 1. The van der Waals surface area contributed by atoms with Crippen LogP contribution in [0.5, 0.6) is 0 Å². The number of likely N-dealkylation sites (tertiary alicyclic amines) is 1. The van der Waals surface area contributed by atoms with Crippen molar-refractivity contribution in [2.24, 2.45) is 5.41 Å². The van der Waals surface area contributed by atoms with Gasteiger partial charge >= 0.3 is 18.0 Å². The average Bonchev–Trinajstić information content (AvgIpc) is 2.36. The molecule has 7 heteroatoms. The molecule has 1 aliphatic rings. The molecule has 0 aromatic heterocycles. The van der Waals surface area contributed by atoms with E-state index >= 15 is 0 Å². The molecule has 1 aliphatic heterocycles. The number of carboxylic acid groups (broad SMARTS) is 1. The summed E-state index contributed by atoms with van der Waals surface area (Å²) in [4.78, 5) is 35.9. The number of carboxylic acids is 1. The minimum atomic E-state index is -1.26. The van der Waals surface area contributed by atoms with Crippen molar-refractivity contribution in [3.05, 3.63) is 0 Å². The fourth-order valence-corrected chi connectivity index (χ4v) is 2.29. The number of carbonyl (C=O) groups excluding carboxylic acids is 2. The molecule has 0 spiro atoms. The van der Waals surface area contributed by atoms with Crippen LogP contribution in [0.15, 0.2) is 0 Å². The van der Waals surface area contributed by atoms with Gasteiger partial charge in [0.05, 0.1) is 13.5 Å². The summed E-state index contributed by atoms with van der Waals surface area (Å²) >= 11 is 0. The molecule has 7 nitrogen and oxygen atoms in total. The third-order valence-electron chi connectivity index (χ3n) is 3.38. The van der Waals surface area contributed by atoms with Crippen molar-refractivity contribution >= 4 is 18.0 Å². The molecular weight excluding hydrogens is 264 g/mol. The van der Waals surface area contributed by atoms with E-state index in [0.29, 0.717) is 13.1 Å². The van der Waals surface area contributed by atoms with E-state index in [2.05, 4.69) is 23.9 Å². The lowest BCUT2D eigenvalue weighted by Gasteiger charge is -2.38. The molecule has 2 amide bonds. The van der Waals surface area contributed by atoms with Gasteiger partial charge in [-0.15, -0.1) is 0 Å². The van der Waals surface area contributed by atoms with Gasteiger partial charge in [-0.3, -0.25) is 4.79 Å². The van der Waals surface area contributed by atoms with Crippen LogP contribution in [0.4, 0.5) is 4.79 Å². The summed E-state index contributed by atoms with van der Waals surface area (Å²) in [5, 5.41) is 11.4. The van der Waals surface area contributed by atoms with Crippen LogP contribution in [0, 0.1) is 5.41 Å². The Balaban J connectivity index is 2.61. The summed E-state index contributed by atoms with van der Waals surface area (Å²) in [7, 11) is 1.18. The Kier molecular flexibility index (Phi) is 5.35. The lowest BCUT2D eigenvalue weighted by atomic mass is 9.84. The van der Waals surface area contributed by atoms with E-state index in [1.54, 1.807) is 4.90 Å². The zero-order valence-electron chi connectivity index (χ0n) is 12.1. The second-order valence-corrected chi connectivity index (χ2v) is 5.81. The number of methoxy groups -OCH3 is 1. The van der Waals surface area contributed by atoms with E-state index in [-0.39, 0.29) is 11.8 Å². The van der Waals surface area contributed by atoms with Gasteiger partial charge in [0.15, 0.2) is 0 Å². The van der Waals surface area contributed by atoms with Crippen LogP contribution in [-0.4, -0.2) is 54.2 Å². The molecule has 0 aliphatic carbocycles. The first-order chi connectivity index (χ1) is 9.25. The molecule has 114 valence electrons. The maximum atomic E-state index is 12.1. The Labute approximate surface area is 118 Å². The fourth-order valence-electron chi connectivity index (χ4n) is 2.29. The Hall–Kier alpha value is -1.79. The number of urea groups is 1. The minimum Gasteiger partial charge on any atom is -0.480 e. The van der Waals surface area contributed by atoms with Gasteiger partial charge in [0.1, 0.15) is 6.04 Å². The van der Waals surface area contributed by atoms with E-state index in [1.165, 1.54) is 7.11 Å². The van der Waals surface area contributed by atoms with Crippen LogP contribution in [-0.2, 0) is 14.3 Å². The van der Waals surface area contributed by atoms with Gasteiger partial charge in [0, 0.05) is 13.1 Å². The molecule has 1 atom stereocenters. The molecule has 0 radical (unpaired) electrons. The van der Waals surface area contributed by atoms with E-state index in [4.69, 9.17) is 5.11 Å². The predicted molar refractivity (Wildman–Crippen MR) is 71.2 cm³/mol. The summed E-state index contributed by atoms with van der Waals surface area (Å²) in [6.45, 7) is 5.30. The zero-order chi connectivity index (χ0) is 15.3. The maximum Gasteiger partial charge on any atom is 0.326 e. The maximum absolute atomic E-state index is 12.1. The van der Waals surface area contributed by atoms with Gasteiger partial charge in [0.25, 0.3) is 0 Å². The van der Waals surface area contributed by atoms with E-state index in [0.717, 1.165) is 12.8 Å². The van der Waals surface area contributed by atoms with Crippen molar-refractivity contribution < 1.29 is 24.2 Å². The highest BCUT2D eigenvalue weighted by atomic mass is 16.5. The van der Waals surface area contributed by atoms with Gasteiger partial charge in [0.2, 0.25) is 0 Å². The van der Waals surface area contributed by atoms with Crippen molar-refractivity contribution in [3.8, 4) is 0 Å². The number of hydrogen-bond donors (Lipinski definition) is 2. The second kappa shape index (κ2) is 6.58. The van der Waals surface area contributed by atoms with Crippen LogP contribution in [0.2, 0.25) is 0 Å². The number of amides is 2. The highest BCUT2D eigenvalue weighted by Gasteiger charge is 2.31. The highest BCUT2D eigenvalue weighted by molar-refractivity contribution is 5.86. The molecule has 20 heavy (non-hydrogen) atoms. The number of esters is 1. The fraction of sp³-hybridized carbons (Fsp3) is 0.769. The van der Waals surface area contributed by atoms with Gasteiger partial charge < -0.3 is 20.1 Å². The molecule has 2 N–H and O–H groups in total. The number of aliphatic carboxylic acids is 1. The van der Waals surface area contributed by atoms with Crippen molar-refractivity contribution in [1.82, 2.24) is 10.2 Å². The molecule has 1 rings (SSSR count). The highest BCUT2D eigenvalue weighted by Crippen LogP contribution is 2.28. The standard InChI is InChI=1S/C13H22N2O5/c1-13(2)5-4-6-15(8-13)12(19)14-9(11(17)18)7-10(16)20-3/h9H,4-8H2,1-3H3,(H,14,19)(H,17,18)/t9-/m0/s1. The molecule has 0 saturated carbocycles. The van der Waals surface area contributed by atoms with Crippen LogP contribution in [0.1, 0.15) is 33.1 Å². The quantitative estimate of drug-likeness (QED) is 0.746. The molecule has 1 fully saturated rings. The lowest BCUT2D eigenvalue weighted by Crippen LogP contribution is -2.52. The van der Waals surface area contributed by atoms with Crippen molar-refractivity contribution in [3.63, 3.8) is 0 Å². The molecule has 1 saturated heterocycles. The third-order valence-corrected chi connectivity index (χ3v) is 3.38. The van der Waals surface area contributed by atoms with Crippen LogP contribution < -0.4 is 5.32 Å². The van der Waals surface area contributed by atoms with Gasteiger partial charge in [-0.2, -0.15) is 0 Å². The topological polar surface area (TPSA) is 95.9 Å². The lowest BCUT2D eigenvalue weighted by molar-refractivity contribution is -0.147. The first kappa shape index (κ1) is 16.3. The normalized spacial score (nSPS) is 19.1. The minimum absolute atomic E-state index is 0.0245. The van der Waals surface area contributed by atoms with E-state index in [9.17, 15) is 14.4 Å². The first-order valence-electron chi connectivity index (χ1n) is 6.60. The van der Waals surface area contributed by atoms with Crippen LogP contribution >= 0.6 is 0 Å². The molecular formula is C13H22N2O5. The summed E-state index contributed by atoms with van der Waals surface area (Å²) in [6, 6.07) is -1.71. The van der Waals surface area contributed by atoms with Crippen molar-refractivity contribution in [2.75, 3.05) is 20.2 Å². The summed E-state index contributed by atoms with van der Waals surface area (Å²) in [6.07, 6.45) is 1.53. The Morgan fingerprint density at radius 3 is 2.55 bits per heavy atom.